The minimum absolute atomic E-state index is 1.10. The number of nitrogens with one attached hydrogen (secondary N) is 1. The first-order chi connectivity index (χ1) is 14.4. The number of benzene rings is 3. The molecule has 0 saturated carbocycles. The first kappa shape index (κ1) is 17.8. The molecule has 0 radical (unpaired) electrons. The molecule has 1 heterocycles. The van der Waals surface area contributed by atoms with Gasteiger partial charge in [0.25, 0.3) is 0 Å². The number of hydrogen-bond acceptors (Lipinski definition) is 1. The van der Waals surface area contributed by atoms with Gasteiger partial charge >= 0.3 is 0 Å². The van der Waals surface area contributed by atoms with E-state index in [1.165, 1.54) is 45.7 Å². The Labute approximate surface area is 171 Å². The molecule has 0 saturated heterocycles. The van der Waals surface area contributed by atoms with Crippen molar-refractivity contribution in [3.05, 3.63) is 117 Å². The molecule has 1 nitrogen and oxygen atoms in total. The van der Waals surface area contributed by atoms with Gasteiger partial charge in [-0.25, -0.2) is 0 Å². The largest absolute Gasteiger partial charge is 0.361 e. The molecule has 1 aliphatic heterocycles. The Morgan fingerprint density at radius 1 is 0.690 bits per heavy atom. The standard InChI is InChI=1S/C18H16.C10H9N/c1-3-7-15-13(5-1)9-11-18-16-8-4-2-6-14(16)10-12-17(15)18;1-2-7-10-9(5-1)6-3-4-8-11-10/h1,3,5-7,9-10,12H,2,4,8,11H2;1-8,11H. The van der Waals surface area contributed by atoms with Gasteiger partial charge in [-0.15, -0.1) is 0 Å². The second kappa shape index (κ2) is 7.97. The van der Waals surface area contributed by atoms with Crippen LogP contribution in [0.3, 0.4) is 0 Å². The van der Waals surface area contributed by atoms with Crippen molar-refractivity contribution in [2.45, 2.75) is 25.7 Å². The van der Waals surface area contributed by atoms with E-state index >= 15 is 0 Å². The van der Waals surface area contributed by atoms with E-state index in [0.29, 0.717) is 0 Å². The zero-order valence-electron chi connectivity index (χ0n) is 16.6. The van der Waals surface area contributed by atoms with Crippen LogP contribution in [0.4, 0.5) is 5.69 Å². The smallest absolute Gasteiger partial charge is 0.0453 e. The van der Waals surface area contributed by atoms with Crippen LogP contribution >= 0.6 is 0 Å². The summed E-state index contributed by atoms with van der Waals surface area (Å²) in [5, 5.41) is 8.92. The number of para-hydroxylation sites is 1. The summed E-state index contributed by atoms with van der Waals surface area (Å²) >= 11 is 0. The molecule has 6 rings (SSSR count). The fourth-order valence-corrected chi connectivity index (χ4v) is 4.48. The maximum atomic E-state index is 3.18. The zero-order valence-corrected chi connectivity index (χ0v) is 16.6. The highest BCUT2D eigenvalue weighted by atomic mass is 14.8. The first-order valence-corrected chi connectivity index (χ1v) is 10.5. The zero-order chi connectivity index (χ0) is 19.5. The van der Waals surface area contributed by atoms with Gasteiger partial charge in [-0.05, 0) is 75.4 Å². The third-order valence-corrected chi connectivity index (χ3v) is 5.92. The van der Waals surface area contributed by atoms with Gasteiger partial charge in [0, 0.05) is 11.9 Å². The first-order valence-electron chi connectivity index (χ1n) is 10.5. The van der Waals surface area contributed by atoms with Crippen LogP contribution in [-0.4, -0.2) is 0 Å². The van der Waals surface area contributed by atoms with E-state index < -0.39 is 0 Å². The maximum absolute atomic E-state index is 3.18. The number of rotatable bonds is 0. The molecule has 29 heavy (non-hydrogen) atoms. The summed E-state index contributed by atoms with van der Waals surface area (Å²) in [5.41, 5.74) is 5.57. The molecule has 1 N–H and O–H groups in total. The van der Waals surface area contributed by atoms with E-state index in [4.69, 9.17) is 0 Å². The topological polar surface area (TPSA) is 12.0 Å². The highest BCUT2D eigenvalue weighted by molar-refractivity contribution is 5.69. The number of fused-ring (bicyclic) bond motifs is 5. The summed E-state index contributed by atoms with van der Waals surface area (Å²) in [6.07, 6.45) is 17.7. The molecule has 0 spiro atoms. The molecule has 1 heteroatoms. The van der Waals surface area contributed by atoms with Crippen molar-refractivity contribution in [2.24, 2.45) is 0 Å². The quantitative estimate of drug-likeness (QED) is 0.579. The SMILES string of the molecule is C1=CNc2ccccc2C=C1.C1=c2ccc3c(c2CCC1)CC=c1ccccc1=3. The Morgan fingerprint density at radius 2 is 1.59 bits per heavy atom. The van der Waals surface area contributed by atoms with E-state index in [-0.39, 0.29) is 0 Å². The maximum Gasteiger partial charge on any atom is 0.0453 e. The summed E-state index contributed by atoms with van der Waals surface area (Å²) in [4.78, 5) is 0. The van der Waals surface area contributed by atoms with Crippen LogP contribution in [-0.2, 0) is 12.8 Å². The Bertz CT molecular complexity index is 1330. The summed E-state index contributed by atoms with van der Waals surface area (Å²) in [7, 11) is 0. The van der Waals surface area contributed by atoms with Gasteiger partial charge in [0.2, 0.25) is 0 Å². The minimum Gasteiger partial charge on any atom is -0.361 e. The fourth-order valence-electron chi connectivity index (χ4n) is 4.48. The molecule has 3 aromatic rings. The molecule has 2 aliphatic carbocycles. The van der Waals surface area contributed by atoms with Crippen LogP contribution in [0.5, 0.6) is 0 Å². The minimum atomic E-state index is 1.10. The number of hydrogen-bond donors (Lipinski definition) is 1. The third-order valence-electron chi connectivity index (χ3n) is 5.92. The lowest BCUT2D eigenvalue weighted by molar-refractivity contribution is 0.824. The normalized spacial score (nSPS) is 14.9. The Balaban J connectivity index is 0.000000142. The predicted molar refractivity (Wildman–Crippen MR) is 124 cm³/mol. The van der Waals surface area contributed by atoms with Crippen molar-refractivity contribution in [3.8, 4) is 0 Å². The van der Waals surface area contributed by atoms with Gasteiger partial charge in [0.1, 0.15) is 0 Å². The van der Waals surface area contributed by atoms with Crippen molar-refractivity contribution in [2.75, 3.05) is 5.32 Å². The molecule has 0 fully saturated rings. The highest BCUT2D eigenvalue weighted by Gasteiger charge is 2.10. The number of anilines is 1. The number of allylic oxidation sites excluding steroid dienone is 2. The van der Waals surface area contributed by atoms with Crippen LogP contribution in [0.1, 0.15) is 29.5 Å². The second-order valence-corrected chi connectivity index (χ2v) is 7.70. The second-order valence-electron chi connectivity index (χ2n) is 7.70. The lowest BCUT2D eigenvalue weighted by atomic mass is 9.89. The van der Waals surface area contributed by atoms with Crippen LogP contribution < -0.4 is 15.8 Å². The molecule has 142 valence electrons. The molecular weight excluding hydrogens is 350 g/mol. The van der Waals surface area contributed by atoms with Gasteiger partial charge in [0.05, 0.1) is 0 Å². The Hall–Kier alpha value is -3.32. The summed E-state index contributed by atoms with van der Waals surface area (Å²) in [6, 6.07) is 21.6. The lowest BCUT2D eigenvalue weighted by Crippen LogP contribution is -2.19. The predicted octanol–water partition coefficient (Wildman–Crippen LogP) is 5.07. The summed E-state index contributed by atoms with van der Waals surface area (Å²) < 4.78 is 0. The Morgan fingerprint density at radius 3 is 2.59 bits per heavy atom. The van der Waals surface area contributed by atoms with Crippen molar-refractivity contribution < 1.29 is 0 Å². The van der Waals surface area contributed by atoms with Gasteiger partial charge < -0.3 is 5.32 Å². The van der Waals surface area contributed by atoms with E-state index in [1.807, 2.05) is 30.5 Å². The van der Waals surface area contributed by atoms with Crippen molar-refractivity contribution in [1.29, 1.82) is 0 Å². The average molecular weight is 376 g/mol. The van der Waals surface area contributed by atoms with Crippen molar-refractivity contribution in [1.82, 2.24) is 0 Å². The van der Waals surface area contributed by atoms with Crippen LogP contribution in [0, 0.1) is 10.4 Å². The average Bonchev–Trinajstić information content (AvgIpc) is 3.05. The third kappa shape index (κ3) is 3.56. The van der Waals surface area contributed by atoms with Gasteiger partial charge in [0.15, 0.2) is 0 Å². The van der Waals surface area contributed by atoms with E-state index in [2.05, 4.69) is 72.1 Å². The fraction of sp³-hybridized carbons (Fsp3) is 0.143. The summed E-state index contributed by atoms with van der Waals surface area (Å²) in [6.45, 7) is 0. The van der Waals surface area contributed by atoms with Crippen LogP contribution in [0.15, 0.2) is 79.0 Å². The van der Waals surface area contributed by atoms with E-state index in [9.17, 15) is 0 Å². The van der Waals surface area contributed by atoms with Crippen molar-refractivity contribution >= 4 is 23.9 Å². The van der Waals surface area contributed by atoms with Gasteiger partial charge in [-0.1, -0.05) is 78.9 Å². The highest BCUT2D eigenvalue weighted by Crippen LogP contribution is 2.18. The molecule has 0 bridgehead atoms. The summed E-state index contributed by atoms with van der Waals surface area (Å²) in [5.74, 6) is 0. The van der Waals surface area contributed by atoms with E-state index in [1.54, 1.807) is 11.1 Å². The van der Waals surface area contributed by atoms with Gasteiger partial charge in [-0.2, -0.15) is 0 Å². The van der Waals surface area contributed by atoms with Crippen molar-refractivity contribution in [3.63, 3.8) is 0 Å². The van der Waals surface area contributed by atoms with Gasteiger partial charge in [-0.3, -0.25) is 0 Å². The van der Waals surface area contributed by atoms with Crippen LogP contribution in [0.25, 0.3) is 18.2 Å². The molecule has 0 atom stereocenters. The molecule has 3 aliphatic rings. The molecule has 0 amide bonds. The molecular formula is C28H25N. The van der Waals surface area contributed by atoms with E-state index in [0.717, 1.165) is 12.1 Å². The lowest BCUT2D eigenvalue weighted by Gasteiger charge is -2.16. The monoisotopic (exact) mass is 375 g/mol. The van der Waals surface area contributed by atoms with Crippen LogP contribution in [0.2, 0.25) is 0 Å². The molecule has 0 aromatic heterocycles. The molecule has 3 aromatic carbocycles. The molecule has 0 unspecified atom stereocenters. The Kier molecular flexibility index (Phi) is 4.88.